The van der Waals surface area contributed by atoms with Crippen molar-refractivity contribution in [2.24, 2.45) is 0 Å². The third kappa shape index (κ3) is 41.4. The van der Waals surface area contributed by atoms with Crippen molar-refractivity contribution in [2.75, 3.05) is 13.2 Å². The zero-order valence-corrected chi connectivity index (χ0v) is 42.7. The van der Waals surface area contributed by atoms with Gasteiger partial charge in [0.05, 0.1) is 0 Å². The van der Waals surface area contributed by atoms with Crippen molar-refractivity contribution in [3.63, 3.8) is 0 Å². The molecule has 0 atom stereocenters. The molecule has 0 aliphatic heterocycles. The van der Waals surface area contributed by atoms with Gasteiger partial charge in [-0.2, -0.15) is 0 Å². The van der Waals surface area contributed by atoms with Gasteiger partial charge in [0.25, 0.3) is 0 Å². The van der Waals surface area contributed by atoms with E-state index in [2.05, 4.69) is 38.2 Å². The van der Waals surface area contributed by atoms with Crippen molar-refractivity contribution in [1.29, 1.82) is 0 Å². The Morgan fingerprint density at radius 2 is 0.590 bits per heavy atom. The van der Waals surface area contributed by atoms with Gasteiger partial charge in [0.15, 0.2) is 0 Å². The molecule has 0 aliphatic rings. The van der Waals surface area contributed by atoms with Crippen LogP contribution in [0, 0.1) is 0 Å². The van der Waals surface area contributed by atoms with Crippen molar-refractivity contribution >= 4 is 43.1 Å². The number of hydrogen-bond donors (Lipinski definition) is 0. The predicted molar refractivity (Wildman–Crippen MR) is 256 cm³/mol. The first kappa shape index (κ1) is 58.6. The molecule has 352 valence electrons. The third-order valence-corrected chi connectivity index (χ3v) is 20.5. The quantitative estimate of drug-likeness (QED) is 0.0195. The first-order chi connectivity index (χ1) is 29.8. The van der Waals surface area contributed by atoms with E-state index < -0.39 is 43.1 Å². The molecule has 0 spiro atoms. The Bertz CT molecular complexity index is 1090. The topological polar surface area (TPSA) is 105 Å². The van der Waals surface area contributed by atoms with E-state index in [1.807, 2.05) is 13.8 Å². The maximum atomic E-state index is 13.0. The fourth-order valence-corrected chi connectivity index (χ4v) is 16.7. The number of carbonyl (C=O) groups is 4. The molecule has 0 aromatic heterocycles. The summed E-state index contributed by atoms with van der Waals surface area (Å²) >= 11 is -4.29. The Labute approximate surface area is 379 Å². The molecule has 0 saturated carbocycles. The van der Waals surface area contributed by atoms with Crippen molar-refractivity contribution < 1.29 is 34.8 Å². The Balaban J connectivity index is 4.41. The van der Waals surface area contributed by atoms with Crippen molar-refractivity contribution in [3.05, 3.63) is 48.6 Å². The molecule has 0 fully saturated rings. The van der Waals surface area contributed by atoms with E-state index in [4.69, 9.17) is 15.6 Å². The summed E-state index contributed by atoms with van der Waals surface area (Å²) in [5, 5.41) is 0. The Hall–Kier alpha value is -2.36. The second-order valence-electron chi connectivity index (χ2n) is 16.8. The molecule has 61 heavy (non-hydrogen) atoms. The van der Waals surface area contributed by atoms with Crippen LogP contribution in [0.4, 0.5) is 0 Å². The van der Waals surface area contributed by atoms with Gasteiger partial charge < -0.3 is 0 Å². The monoisotopic (exact) mass is 965 g/mol. The van der Waals surface area contributed by atoms with Crippen molar-refractivity contribution in [1.82, 2.24) is 0 Å². The number of carbonyl (C=O) groups excluding carboxylic acids is 4. The minimum atomic E-state index is -4.29. The molecule has 9 heteroatoms. The minimum absolute atomic E-state index is 0.305. The Morgan fingerprint density at radius 1 is 0.328 bits per heavy atom. The average Bonchev–Trinajstić information content (AvgIpc) is 3.25. The van der Waals surface area contributed by atoms with E-state index in [-0.39, 0.29) is 0 Å². The number of esters is 2. The van der Waals surface area contributed by atoms with E-state index >= 15 is 0 Å². The van der Waals surface area contributed by atoms with E-state index in [1.165, 1.54) is 128 Å². The van der Waals surface area contributed by atoms with Gasteiger partial charge in [0, 0.05) is 0 Å². The van der Waals surface area contributed by atoms with Crippen molar-refractivity contribution in [3.8, 4) is 0 Å². The molecule has 8 nitrogen and oxygen atoms in total. The van der Waals surface area contributed by atoms with Crippen LogP contribution in [0.5, 0.6) is 0 Å². The molecule has 0 N–H and O–H groups in total. The number of allylic oxidation sites excluding steroid dienone is 4. The normalized spacial score (nSPS) is 12.0. The zero-order valence-electron chi connectivity index (χ0n) is 39.8. The summed E-state index contributed by atoms with van der Waals surface area (Å²) in [6.07, 6.45) is 50.7. The van der Waals surface area contributed by atoms with Crippen LogP contribution >= 0.6 is 0 Å². The van der Waals surface area contributed by atoms with E-state index in [0.717, 1.165) is 101 Å². The molecule has 0 aliphatic carbocycles. The van der Waals surface area contributed by atoms with Gasteiger partial charge in [-0.05, 0) is 51.4 Å². The summed E-state index contributed by atoms with van der Waals surface area (Å²) in [5.74, 6) is -2.60. The van der Waals surface area contributed by atoms with Crippen LogP contribution in [0.3, 0.4) is 0 Å². The van der Waals surface area contributed by atoms with Gasteiger partial charge in [-0.3, -0.25) is 0 Å². The first-order valence-electron chi connectivity index (χ1n) is 25.3. The molecule has 0 radical (unpaired) electrons. The maximum absolute atomic E-state index is 13.0. The van der Waals surface area contributed by atoms with Crippen LogP contribution in [0.2, 0.25) is 8.87 Å². The van der Waals surface area contributed by atoms with Crippen LogP contribution in [0.15, 0.2) is 48.6 Å². The number of unbranched alkanes of at least 4 members (excludes halogenated alkanes) is 26. The van der Waals surface area contributed by atoms with Crippen LogP contribution in [0.1, 0.15) is 233 Å². The van der Waals surface area contributed by atoms with Gasteiger partial charge in [0.1, 0.15) is 0 Å². The summed E-state index contributed by atoms with van der Waals surface area (Å²) in [6, 6.07) is 0. The third-order valence-electron chi connectivity index (χ3n) is 10.9. The summed E-state index contributed by atoms with van der Waals surface area (Å²) < 4.78 is 23.5. The molecule has 0 rings (SSSR count). The SMILES string of the molecule is CCCCCCCC/C=C\CCCCCCCCOC(=O)/C=C/C(=O)[O][Sn]([CH2]CCC)([CH2]CCC)[O]C(=O)/C=C/C(=O)OCCCCCCCC/C=C/CCCCCCCC. The fourth-order valence-electron chi connectivity index (χ4n) is 7.09. The molecule has 0 unspecified atom stereocenters. The summed E-state index contributed by atoms with van der Waals surface area (Å²) in [4.78, 5) is 50.6. The van der Waals surface area contributed by atoms with Crippen LogP contribution < -0.4 is 0 Å². The fraction of sp³-hybridized carbons (Fsp3) is 0.769. The van der Waals surface area contributed by atoms with Gasteiger partial charge in [-0.15, -0.1) is 0 Å². The van der Waals surface area contributed by atoms with Crippen LogP contribution in [0.25, 0.3) is 0 Å². The van der Waals surface area contributed by atoms with Crippen molar-refractivity contribution in [2.45, 2.75) is 242 Å². The number of ether oxygens (including phenoxy) is 2. The molecule has 0 bridgehead atoms. The second kappa shape index (κ2) is 45.7. The average molecular weight is 964 g/mol. The number of hydrogen-bond acceptors (Lipinski definition) is 8. The Kier molecular flexibility index (Phi) is 43.9. The minimum Gasteiger partial charge on any atom is -0.0885 e. The molecule has 0 heterocycles. The van der Waals surface area contributed by atoms with Gasteiger partial charge in [0.2, 0.25) is 0 Å². The molecular weight excluding hydrogens is 871 g/mol. The predicted octanol–water partition coefficient (Wildman–Crippen LogP) is 15.4. The second-order valence-corrected chi connectivity index (χ2v) is 26.1. The van der Waals surface area contributed by atoms with Gasteiger partial charge in [-0.25, -0.2) is 0 Å². The van der Waals surface area contributed by atoms with Gasteiger partial charge in [-0.1, -0.05) is 102 Å². The molecule has 0 aromatic rings. The summed E-state index contributed by atoms with van der Waals surface area (Å²) in [6.45, 7) is 9.18. The zero-order chi connectivity index (χ0) is 44.8. The standard InChI is InChI=1S/2C22H38O4.2C4H9.Sn/c2*1-2-3-4-5-6-7-8-9-10-11-12-13-14-15-16-17-20-26-22(25)19-18-21(23)24;2*1-3-4-2;/h2*9-10,18-19H,2-8,11-17,20H2,1H3,(H,23,24);2*1,3-4H2,2H3;/q;;;;+2/p-2/b10-9+,19-18+;10-9-,19-18+;;;. The van der Waals surface area contributed by atoms with Crippen LogP contribution in [-0.4, -0.2) is 56.3 Å². The van der Waals surface area contributed by atoms with Crippen LogP contribution in [-0.2, 0) is 34.8 Å². The van der Waals surface area contributed by atoms with E-state index in [9.17, 15) is 19.2 Å². The number of rotatable bonds is 44. The summed E-state index contributed by atoms with van der Waals surface area (Å²) in [7, 11) is 0. The Morgan fingerprint density at radius 3 is 0.902 bits per heavy atom. The van der Waals surface area contributed by atoms with Gasteiger partial charge >= 0.3 is 228 Å². The van der Waals surface area contributed by atoms with E-state index in [0.29, 0.717) is 22.1 Å². The molecular formula is C52H92O8Sn. The van der Waals surface area contributed by atoms with E-state index in [1.54, 1.807) is 0 Å². The first-order valence-corrected chi connectivity index (χ1v) is 31.6. The molecule has 0 amide bonds. The summed E-state index contributed by atoms with van der Waals surface area (Å²) in [5.41, 5.74) is 0. The smallest absolute Gasteiger partial charge is 0.0885 e. The molecule has 0 saturated heterocycles. The molecule has 0 aromatic carbocycles.